The largest absolute Gasteiger partial charge is 0.504 e. The Morgan fingerprint density at radius 1 is 1.30 bits per heavy atom. The maximum Gasteiger partial charge on any atom is 0.255 e. The van der Waals surface area contributed by atoms with Crippen molar-refractivity contribution < 1.29 is 19.0 Å². The van der Waals surface area contributed by atoms with Gasteiger partial charge in [-0.3, -0.25) is 4.79 Å². The van der Waals surface area contributed by atoms with E-state index < -0.39 is 11.7 Å². The Morgan fingerprint density at radius 2 is 2.05 bits per heavy atom. The highest BCUT2D eigenvalue weighted by atomic mass is 79.9. The lowest BCUT2D eigenvalue weighted by molar-refractivity contribution is 0.102. The van der Waals surface area contributed by atoms with Gasteiger partial charge in [0, 0.05) is 10.0 Å². The molecular formula is C14H11BrFNO3. The van der Waals surface area contributed by atoms with Gasteiger partial charge in [0.1, 0.15) is 5.82 Å². The standard InChI is InChI=1S/C14H11BrFNO3/c1-20-13-5-2-8(6-12(13)18)14(19)17-11-7-9(15)3-4-10(11)16/h2-7,18H,1H3,(H,17,19). The molecule has 0 aliphatic rings. The Kier molecular flexibility index (Phi) is 4.24. The van der Waals surface area contributed by atoms with Gasteiger partial charge in [0.25, 0.3) is 5.91 Å². The van der Waals surface area contributed by atoms with Crippen molar-refractivity contribution in [2.24, 2.45) is 0 Å². The first-order valence-corrected chi connectivity index (χ1v) is 6.44. The van der Waals surface area contributed by atoms with Crippen LogP contribution in [-0.2, 0) is 0 Å². The van der Waals surface area contributed by atoms with Crippen molar-refractivity contribution in [2.45, 2.75) is 0 Å². The number of halogens is 2. The zero-order chi connectivity index (χ0) is 14.7. The van der Waals surface area contributed by atoms with E-state index in [1.807, 2.05) is 0 Å². The number of amides is 1. The van der Waals surface area contributed by atoms with Crippen LogP contribution in [0.25, 0.3) is 0 Å². The number of hydrogen-bond acceptors (Lipinski definition) is 3. The molecule has 0 aromatic heterocycles. The Morgan fingerprint density at radius 3 is 2.70 bits per heavy atom. The predicted molar refractivity (Wildman–Crippen MR) is 76.7 cm³/mol. The van der Waals surface area contributed by atoms with Crippen LogP contribution in [0, 0.1) is 5.82 Å². The van der Waals surface area contributed by atoms with Gasteiger partial charge in [-0.2, -0.15) is 0 Å². The summed E-state index contributed by atoms with van der Waals surface area (Å²) in [4.78, 5) is 12.0. The van der Waals surface area contributed by atoms with Crippen LogP contribution in [0.5, 0.6) is 11.5 Å². The van der Waals surface area contributed by atoms with Crippen LogP contribution in [0.15, 0.2) is 40.9 Å². The monoisotopic (exact) mass is 339 g/mol. The summed E-state index contributed by atoms with van der Waals surface area (Å²) in [5.41, 5.74) is 0.252. The Bertz CT molecular complexity index is 661. The molecule has 0 saturated carbocycles. The lowest BCUT2D eigenvalue weighted by Crippen LogP contribution is -2.13. The Labute approximate surface area is 123 Å². The first-order chi connectivity index (χ1) is 9.51. The predicted octanol–water partition coefficient (Wildman–Crippen LogP) is 3.55. The summed E-state index contributed by atoms with van der Waals surface area (Å²) in [6.07, 6.45) is 0. The topological polar surface area (TPSA) is 58.6 Å². The van der Waals surface area contributed by atoms with E-state index in [2.05, 4.69) is 21.2 Å². The van der Waals surface area contributed by atoms with E-state index in [0.29, 0.717) is 4.47 Å². The molecule has 0 unspecified atom stereocenters. The number of phenols is 1. The van der Waals surface area contributed by atoms with Gasteiger partial charge in [-0.05, 0) is 36.4 Å². The van der Waals surface area contributed by atoms with E-state index in [1.54, 1.807) is 0 Å². The average Bonchev–Trinajstić information content (AvgIpc) is 2.42. The molecule has 0 radical (unpaired) electrons. The number of hydrogen-bond donors (Lipinski definition) is 2. The van der Waals surface area contributed by atoms with Gasteiger partial charge in [0.05, 0.1) is 12.8 Å². The summed E-state index contributed by atoms with van der Waals surface area (Å²) in [6.45, 7) is 0. The molecule has 0 atom stereocenters. The molecule has 0 heterocycles. The molecule has 2 aromatic rings. The first kappa shape index (κ1) is 14.3. The van der Waals surface area contributed by atoms with Crippen LogP contribution >= 0.6 is 15.9 Å². The quantitative estimate of drug-likeness (QED) is 0.898. The maximum absolute atomic E-state index is 13.5. The molecule has 0 spiro atoms. The second-order valence-electron chi connectivity index (χ2n) is 3.96. The molecule has 2 aromatic carbocycles. The summed E-state index contributed by atoms with van der Waals surface area (Å²) in [5.74, 6) is -0.968. The van der Waals surface area contributed by atoms with E-state index in [9.17, 15) is 14.3 Å². The summed E-state index contributed by atoms with van der Waals surface area (Å²) < 4.78 is 19.1. The average molecular weight is 340 g/mol. The summed E-state index contributed by atoms with van der Waals surface area (Å²) >= 11 is 3.20. The highest BCUT2D eigenvalue weighted by Gasteiger charge is 2.12. The third-order valence-corrected chi connectivity index (χ3v) is 3.11. The van der Waals surface area contributed by atoms with Gasteiger partial charge in [0.2, 0.25) is 0 Å². The number of anilines is 1. The number of methoxy groups -OCH3 is 1. The molecular weight excluding hydrogens is 329 g/mol. The van der Waals surface area contributed by atoms with Gasteiger partial charge in [-0.1, -0.05) is 15.9 Å². The van der Waals surface area contributed by atoms with Crippen LogP contribution in [0.4, 0.5) is 10.1 Å². The normalized spacial score (nSPS) is 10.2. The van der Waals surface area contributed by atoms with E-state index in [0.717, 1.165) is 0 Å². The van der Waals surface area contributed by atoms with Crippen molar-refractivity contribution in [2.75, 3.05) is 12.4 Å². The van der Waals surface area contributed by atoms with Crippen LogP contribution in [0.3, 0.4) is 0 Å². The highest BCUT2D eigenvalue weighted by molar-refractivity contribution is 9.10. The number of phenolic OH excluding ortho intramolecular Hbond substituents is 1. The van der Waals surface area contributed by atoms with Gasteiger partial charge in [-0.25, -0.2) is 4.39 Å². The lowest BCUT2D eigenvalue weighted by Gasteiger charge is -2.08. The number of carbonyl (C=O) groups is 1. The number of aromatic hydroxyl groups is 1. The molecule has 0 fully saturated rings. The smallest absolute Gasteiger partial charge is 0.255 e. The summed E-state index contributed by atoms with van der Waals surface area (Å²) in [6, 6.07) is 8.42. The minimum Gasteiger partial charge on any atom is -0.504 e. The SMILES string of the molecule is COc1ccc(C(=O)Nc2cc(Br)ccc2F)cc1O. The fourth-order valence-corrected chi connectivity index (χ4v) is 1.98. The van der Waals surface area contributed by atoms with E-state index in [-0.39, 0.29) is 22.7 Å². The molecule has 0 saturated heterocycles. The summed E-state index contributed by atoms with van der Waals surface area (Å²) in [7, 11) is 1.41. The third kappa shape index (κ3) is 3.08. The number of ether oxygens (including phenoxy) is 1. The minimum atomic E-state index is -0.542. The molecule has 2 N–H and O–H groups in total. The van der Waals surface area contributed by atoms with Crippen molar-refractivity contribution in [1.82, 2.24) is 0 Å². The van der Waals surface area contributed by atoms with Crippen molar-refractivity contribution in [3.8, 4) is 11.5 Å². The molecule has 20 heavy (non-hydrogen) atoms. The minimum absolute atomic E-state index is 0.0553. The molecule has 4 nitrogen and oxygen atoms in total. The fourth-order valence-electron chi connectivity index (χ4n) is 1.62. The van der Waals surface area contributed by atoms with Gasteiger partial charge >= 0.3 is 0 Å². The second-order valence-corrected chi connectivity index (χ2v) is 4.88. The van der Waals surface area contributed by atoms with E-state index >= 15 is 0 Å². The zero-order valence-corrected chi connectivity index (χ0v) is 12.1. The number of rotatable bonds is 3. The molecule has 0 aliphatic heterocycles. The van der Waals surface area contributed by atoms with E-state index in [1.165, 1.54) is 43.5 Å². The molecule has 104 valence electrons. The molecule has 0 aliphatic carbocycles. The molecule has 1 amide bonds. The van der Waals surface area contributed by atoms with Crippen LogP contribution < -0.4 is 10.1 Å². The molecule has 6 heteroatoms. The van der Waals surface area contributed by atoms with Gasteiger partial charge < -0.3 is 15.2 Å². The first-order valence-electron chi connectivity index (χ1n) is 5.64. The Balaban J connectivity index is 2.24. The van der Waals surface area contributed by atoms with Crippen LogP contribution in [-0.4, -0.2) is 18.1 Å². The highest BCUT2D eigenvalue weighted by Crippen LogP contribution is 2.27. The van der Waals surface area contributed by atoms with Crippen molar-refractivity contribution in [3.05, 3.63) is 52.3 Å². The summed E-state index contributed by atoms with van der Waals surface area (Å²) in [5, 5.41) is 12.1. The van der Waals surface area contributed by atoms with Crippen molar-refractivity contribution in [1.29, 1.82) is 0 Å². The van der Waals surface area contributed by atoms with Crippen molar-refractivity contribution >= 4 is 27.5 Å². The zero-order valence-electron chi connectivity index (χ0n) is 10.5. The van der Waals surface area contributed by atoms with Crippen LogP contribution in [0.2, 0.25) is 0 Å². The molecule has 2 rings (SSSR count). The lowest BCUT2D eigenvalue weighted by atomic mass is 10.2. The third-order valence-electron chi connectivity index (χ3n) is 2.62. The number of benzene rings is 2. The van der Waals surface area contributed by atoms with Gasteiger partial charge in [0.15, 0.2) is 11.5 Å². The van der Waals surface area contributed by atoms with E-state index in [4.69, 9.17) is 4.74 Å². The maximum atomic E-state index is 13.5. The second kappa shape index (κ2) is 5.92. The number of nitrogens with one attached hydrogen (secondary N) is 1. The van der Waals surface area contributed by atoms with Gasteiger partial charge in [-0.15, -0.1) is 0 Å². The fraction of sp³-hybridized carbons (Fsp3) is 0.0714. The Hall–Kier alpha value is -2.08. The molecule has 0 bridgehead atoms. The van der Waals surface area contributed by atoms with Crippen LogP contribution in [0.1, 0.15) is 10.4 Å². The number of carbonyl (C=O) groups excluding carboxylic acids is 1. The van der Waals surface area contributed by atoms with Crippen molar-refractivity contribution in [3.63, 3.8) is 0 Å².